The van der Waals surface area contributed by atoms with E-state index in [4.69, 9.17) is 7.85 Å². The van der Waals surface area contributed by atoms with Gasteiger partial charge in [0.2, 0.25) is 0 Å². The third kappa shape index (κ3) is 1.58. The number of fused-ring (bicyclic) bond motifs is 1. The molecule has 0 spiro atoms. The molecule has 5 heteroatoms. The fourth-order valence-electron chi connectivity index (χ4n) is 1.55. The largest absolute Gasteiger partial charge is 0.309 e. The number of benzene rings is 1. The van der Waals surface area contributed by atoms with Crippen molar-refractivity contribution in [1.29, 1.82) is 0 Å². The van der Waals surface area contributed by atoms with Crippen molar-refractivity contribution in [2.75, 3.05) is 0 Å². The third-order valence-corrected chi connectivity index (χ3v) is 2.26. The van der Waals surface area contributed by atoms with Gasteiger partial charge >= 0.3 is 6.08 Å². The summed E-state index contributed by atoms with van der Waals surface area (Å²) in [5.74, 6) is -0.525. The molecular weight excluding hydrogens is 197 g/mol. The average Bonchev–Trinajstić information content (AvgIpc) is 2.21. The van der Waals surface area contributed by atoms with E-state index in [2.05, 4.69) is 9.97 Å². The maximum atomic E-state index is 13.6. The minimum Gasteiger partial charge on any atom is -0.210 e. The van der Waals surface area contributed by atoms with Crippen molar-refractivity contribution < 1.29 is 8.78 Å². The Morgan fingerprint density at radius 1 is 1.40 bits per heavy atom. The Hall–Kier alpha value is -1.52. The number of halogens is 2. The van der Waals surface area contributed by atoms with E-state index >= 15 is 0 Å². The molecule has 2 aromatic rings. The fraction of sp³-hybridized carbons (Fsp3) is 0.200. The Morgan fingerprint density at radius 2 is 2.13 bits per heavy atom. The van der Waals surface area contributed by atoms with Gasteiger partial charge in [0.05, 0.1) is 5.52 Å². The quantitative estimate of drug-likeness (QED) is 0.516. The molecule has 0 aliphatic rings. The van der Waals surface area contributed by atoms with Crippen LogP contribution in [0, 0.1) is 11.9 Å². The van der Waals surface area contributed by atoms with Crippen LogP contribution in [-0.4, -0.2) is 17.8 Å². The number of hydrogen-bond acceptors (Lipinski definition) is 2. The first-order chi connectivity index (χ1) is 7.13. The zero-order valence-corrected chi connectivity index (χ0v) is 8.09. The Balaban J connectivity index is 2.89. The molecule has 0 amide bonds. The van der Waals surface area contributed by atoms with E-state index < -0.39 is 11.9 Å². The van der Waals surface area contributed by atoms with Gasteiger partial charge in [0.15, 0.2) is 0 Å². The first kappa shape index (κ1) is 10.0. The zero-order chi connectivity index (χ0) is 11.0. The van der Waals surface area contributed by atoms with Crippen molar-refractivity contribution in [3.8, 4) is 0 Å². The Morgan fingerprint density at radius 3 is 2.80 bits per heavy atom. The molecule has 0 bridgehead atoms. The van der Waals surface area contributed by atoms with Crippen LogP contribution in [0.5, 0.6) is 0 Å². The highest BCUT2D eigenvalue weighted by molar-refractivity contribution is 6.33. The molecule has 0 aliphatic carbocycles. The summed E-state index contributed by atoms with van der Waals surface area (Å²) in [6.07, 6.45) is 0.845. The highest BCUT2D eigenvalue weighted by Crippen LogP contribution is 2.18. The molecule has 0 unspecified atom stereocenters. The van der Waals surface area contributed by atoms with Crippen LogP contribution in [-0.2, 0) is 6.42 Å². The van der Waals surface area contributed by atoms with E-state index in [9.17, 15) is 8.78 Å². The van der Waals surface area contributed by atoms with Gasteiger partial charge in [-0.1, -0.05) is 18.5 Å². The molecule has 0 saturated carbocycles. The predicted octanol–water partition coefficient (Wildman–Crippen LogP) is 1.26. The van der Waals surface area contributed by atoms with Crippen LogP contribution in [0.1, 0.15) is 12.5 Å². The second-order valence-electron chi connectivity index (χ2n) is 3.19. The van der Waals surface area contributed by atoms with Gasteiger partial charge < -0.3 is 0 Å². The summed E-state index contributed by atoms with van der Waals surface area (Å²) < 4.78 is 26.4. The van der Waals surface area contributed by atoms with E-state index in [-0.39, 0.29) is 11.0 Å². The van der Waals surface area contributed by atoms with Crippen LogP contribution in [0.3, 0.4) is 0 Å². The van der Waals surface area contributed by atoms with Crippen LogP contribution in [0.25, 0.3) is 10.9 Å². The molecule has 0 N–H and O–H groups in total. The summed E-state index contributed by atoms with van der Waals surface area (Å²) >= 11 is 0. The van der Waals surface area contributed by atoms with E-state index in [0.29, 0.717) is 17.4 Å². The molecule has 15 heavy (non-hydrogen) atoms. The molecule has 1 aromatic heterocycles. The normalized spacial score (nSPS) is 10.9. The summed E-state index contributed by atoms with van der Waals surface area (Å²) in [7, 11) is 5.48. The molecule has 0 aliphatic heterocycles. The second-order valence-corrected chi connectivity index (χ2v) is 3.19. The molecule has 1 heterocycles. The van der Waals surface area contributed by atoms with Gasteiger partial charge in [-0.3, -0.25) is 0 Å². The summed E-state index contributed by atoms with van der Waals surface area (Å²) in [5, 5.41) is 0.548. The van der Waals surface area contributed by atoms with Crippen molar-refractivity contribution in [2.24, 2.45) is 0 Å². The topological polar surface area (TPSA) is 25.8 Å². The molecule has 2 rings (SSSR count). The van der Waals surface area contributed by atoms with Gasteiger partial charge in [-0.05, 0) is 6.42 Å². The molecule has 1 aromatic carbocycles. The van der Waals surface area contributed by atoms with Crippen LogP contribution in [0.2, 0.25) is 0 Å². The van der Waals surface area contributed by atoms with Gasteiger partial charge in [-0.2, -0.15) is 4.39 Å². The molecular formula is C10H7BF2N2. The monoisotopic (exact) mass is 204 g/mol. The van der Waals surface area contributed by atoms with Gasteiger partial charge in [0.1, 0.15) is 13.7 Å². The molecule has 74 valence electrons. The lowest BCUT2D eigenvalue weighted by Crippen LogP contribution is -2.12. The minimum atomic E-state index is -0.860. The van der Waals surface area contributed by atoms with Gasteiger partial charge in [-0.15, -0.1) is 0 Å². The lowest BCUT2D eigenvalue weighted by Gasteiger charge is -2.07. The minimum absolute atomic E-state index is 0.0366. The highest BCUT2D eigenvalue weighted by atomic mass is 19.1. The Labute approximate surface area is 86.8 Å². The summed E-state index contributed by atoms with van der Waals surface area (Å²) in [4.78, 5) is 6.97. The molecule has 0 fully saturated rings. The average molecular weight is 204 g/mol. The maximum absolute atomic E-state index is 13.6. The predicted molar refractivity (Wildman–Crippen MR) is 54.2 cm³/mol. The second kappa shape index (κ2) is 3.57. The van der Waals surface area contributed by atoms with Gasteiger partial charge in [-0.25, -0.2) is 14.4 Å². The third-order valence-electron chi connectivity index (χ3n) is 2.26. The van der Waals surface area contributed by atoms with E-state index in [1.54, 1.807) is 6.92 Å². The molecule has 2 radical (unpaired) electrons. The summed E-state index contributed by atoms with van der Waals surface area (Å²) in [6.45, 7) is 1.76. The summed E-state index contributed by atoms with van der Waals surface area (Å²) in [5.41, 5.74) is 0.651. The lowest BCUT2D eigenvalue weighted by atomic mass is 9.90. The highest BCUT2D eigenvalue weighted by Gasteiger charge is 2.11. The van der Waals surface area contributed by atoms with Crippen molar-refractivity contribution >= 4 is 24.2 Å². The van der Waals surface area contributed by atoms with Crippen molar-refractivity contribution in [1.82, 2.24) is 9.97 Å². The van der Waals surface area contributed by atoms with E-state index in [1.165, 1.54) is 12.3 Å². The van der Waals surface area contributed by atoms with Gasteiger partial charge in [0.25, 0.3) is 0 Å². The van der Waals surface area contributed by atoms with E-state index in [1.807, 2.05) is 0 Å². The first-order valence-electron chi connectivity index (χ1n) is 4.52. The van der Waals surface area contributed by atoms with E-state index in [0.717, 1.165) is 0 Å². The number of aryl methyl sites for hydroxylation is 1. The Bertz CT molecular complexity index is 528. The molecule has 0 atom stereocenters. The van der Waals surface area contributed by atoms with Crippen LogP contribution < -0.4 is 5.46 Å². The standard InChI is InChI=1S/C10H7BF2N2/c1-2-6-8(12)7(11)3-5-4-14-10(13)15-9(5)6/h3-4H,2H2,1H3. The molecule has 2 nitrogen and oxygen atoms in total. The number of hydrogen-bond donors (Lipinski definition) is 0. The number of aromatic nitrogens is 2. The van der Waals surface area contributed by atoms with Crippen LogP contribution >= 0.6 is 0 Å². The van der Waals surface area contributed by atoms with Crippen molar-refractivity contribution in [3.63, 3.8) is 0 Å². The number of nitrogens with zero attached hydrogens (tertiary/aromatic N) is 2. The SMILES string of the molecule is [B]c1cc2cnc(F)nc2c(CC)c1F. The van der Waals surface area contributed by atoms with Crippen molar-refractivity contribution in [3.05, 3.63) is 29.7 Å². The fourth-order valence-corrected chi connectivity index (χ4v) is 1.55. The maximum Gasteiger partial charge on any atom is 0.309 e. The molecule has 0 saturated heterocycles. The van der Waals surface area contributed by atoms with Crippen LogP contribution in [0.4, 0.5) is 8.78 Å². The van der Waals surface area contributed by atoms with Gasteiger partial charge in [0, 0.05) is 17.1 Å². The summed E-state index contributed by atoms with van der Waals surface area (Å²) in [6, 6.07) is 1.41. The number of rotatable bonds is 1. The zero-order valence-electron chi connectivity index (χ0n) is 8.09. The smallest absolute Gasteiger partial charge is 0.210 e. The Kier molecular flexibility index (Phi) is 2.38. The van der Waals surface area contributed by atoms with Crippen molar-refractivity contribution in [2.45, 2.75) is 13.3 Å². The van der Waals surface area contributed by atoms with Crippen LogP contribution in [0.15, 0.2) is 12.3 Å². The lowest BCUT2D eigenvalue weighted by molar-refractivity contribution is 0.543. The first-order valence-corrected chi connectivity index (χ1v) is 4.52.